The lowest BCUT2D eigenvalue weighted by Crippen LogP contribution is -2.30. The van der Waals surface area contributed by atoms with Crippen LogP contribution in [0.5, 0.6) is 5.75 Å². The van der Waals surface area contributed by atoms with E-state index in [0.29, 0.717) is 16.3 Å². The Kier molecular flexibility index (Phi) is 5.31. The lowest BCUT2D eigenvalue weighted by Gasteiger charge is -2.26. The van der Waals surface area contributed by atoms with Crippen LogP contribution in [0.3, 0.4) is 0 Å². The van der Waals surface area contributed by atoms with Gasteiger partial charge in [-0.1, -0.05) is 41.9 Å². The molecule has 2 heterocycles. The van der Waals surface area contributed by atoms with Crippen LogP contribution in [0, 0.1) is 0 Å². The van der Waals surface area contributed by atoms with E-state index >= 15 is 0 Å². The van der Waals surface area contributed by atoms with Crippen LogP contribution in [0.4, 0.5) is 0 Å². The molecule has 0 N–H and O–H groups in total. The van der Waals surface area contributed by atoms with Gasteiger partial charge >= 0.3 is 0 Å². The van der Waals surface area contributed by atoms with Crippen LogP contribution < -0.4 is 4.74 Å². The Morgan fingerprint density at radius 2 is 1.93 bits per heavy atom. The van der Waals surface area contributed by atoms with Crippen LogP contribution in [0.25, 0.3) is 11.1 Å². The van der Waals surface area contributed by atoms with E-state index < -0.39 is 0 Å². The highest BCUT2D eigenvalue weighted by Crippen LogP contribution is 2.37. The summed E-state index contributed by atoms with van der Waals surface area (Å²) in [6.45, 7) is 0.745. The predicted octanol–water partition coefficient (Wildman–Crippen LogP) is 5.39. The molecule has 0 aliphatic carbocycles. The molecule has 1 saturated heterocycles. The standard InChI is InChI=1S/C23H21ClN2O2/c1-28-22-15-25-13-12-18(22)16-8-10-17(11-9-16)23(27)26-14-4-7-21(26)19-5-2-3-6-20(19)24/h2-3,5-6,8-13,15,21H,4,7,14H2,1H3/t21-/m1/s1. The van der Waals surface area contributed by atoms with Gasteiger partial charge in [0, 0.05) is 28.9 Å². The van der Waals surface area contributed by atoms with Crippen LogP contribution in [0.15, 0.2) is 67.0 Å². The van der Waals surface area contributed by atoms with Gasteiger partial charge in [0.25, 0.3) is 5.91 Å². The molecule has 4 rings (SSSR count). The Morgan fingerprint density at radius 3 is 2.68 bits per heavy atom. The van der Waals surface area contributed by atoms with Gasteiger partial charge in [0.15, 0.2) is 0 Å². The van der Waals surface area contributed by atoms with Crippen molar-refractivity contribution >= 4 is 17.5 Å². The summed E-state index contributed by atoms with van der Waals surface area (Å²) in [5.74, 6) is 0.746. The van der Waals surface area contributed by atoms with Gasteiger partial charge in [0.05, 0.1) is 19.3 Å². The fraction of sp³-hybridized carbons (Fsp3) is 0.217. The Labute approximate surface area is 169 Å². The fourth-order valence-corrected chi connectivity index (χ4v) is 4.08. The minimum Gasteiger partial charge on any atom is -0.494 e. The van der Waals surface area contributed by atoms with Crippen LogP contribution in [0.1, 0.15) is 34.8 Å². The van der Waals surface area contributed by atoms with Crippen molar-refractivity contribution in [1.82, 2.24) is 9.88 Å². The molecule has 0 saturated carbocycles. The number of amides is 1. The van der Waals surface area contributed by atoms with Crippen LogP contribution in [-0.4, -0.2) is 29.4 Å². The number of hydrogen-bond acceptors (Lipinski definition) is 3. The van der Waals surface area contributed by atoms with Gasteiger partial charge in [-0.25, -0.2) is 0 Å². The van der Waals surface area contributed by atoms with Crippen molar-refractivity contribution in [2.24, 2.45) is 0 Å². The van der Waals surface area contributed by atoms with Crippen LogP contribution >= 0.6 is 11.6 Å². The van der Waals surface area contributed by atoms with E-state index in [1.165, 1.54) is 0 Å². The van der Waals surface area contributed by atoms with E-state index in [4.69, 9.17) is 16.3 Å². The molecule has 0 bridgehead atoms. The molecule has 1 amide bonds. The van der Waals surface area contributed by atoms with Gasteiger partial charge < -0.3 is 9.64 Å². The monoisotopic (exact) mass is 392 g/mol. The third kappa shape index (κ3) is 3.48. The topological polar surface area (TPSA) is 42.4 Å². The van der Waals surface area contributed by atoms with Crippen molar-refractivity contribution in [3.63, 3.8) is 0 Å². The van der Waals surface area contributed by atoms with Crippen LogP contribution in [-0.2, 0) is 0 Å². The van der Waals surface area contributed by atoms with Crippen molar-refractivity contribution in [3.05, 3.63) is 83.1 Å². The molecule has 1 atom stereocenters. The van der Waals surface area contributed by atoms with Gasteiger partial charge in [-0.3, -0.25) is 9.78 Å². The molecule has 0 unspecified atom stereocenters. The number of benzene rings is 2. The highest BCUT2D eigenvalue weighted by atomic mass is 35.5. The highest BCUT2D eigenvalue weighted by molar-refractivity contribution is 6.31. The Morgan fingerprint density at radius 1 is 1.14 bits per heavy atom. The summed E-state index contributed by atoms with van der Waals surface area (Å²) in [6.07, 6.45) is 5.33. The van der Waals surface area contributed by atoms with Crippen LogP contribution in [0.2, 0.25) is 5.02 Å². The number of methoxy groups -OCH3 is 1. The number of hydrogen-bond donors (Lipinski definition) is 0. The second kappa shape index (κ2) is 8.03. The van der Waals surface area contributed by atoms with Gasteiger partial charge in [0.1, 0.15) is 5.75 Å². The van der Waals surface area contributed by atoms with Crippen molar-refractivity contribution in [3.8, 4) is 16.9 Å². The lowest BCUT2D eigenvalue weighted by atomic mass is 10.0. The predicted molar refractivity (Wildman–Crippen MR) is 111 cm³/mol. The molecule has 28 heavy (non-hydrogen) atoms. The van der Waals surface area contributed by atoms with E-state index in [2.05, 4.69) is 4.98 Å². The number of likely N-dealkylation sites (tertiary alicyclic amines) is 1. The normalized spacial score (nSPS) is 16.2. The third-order valence-electron chi connectivity index (χ3n) is 5.23. The van der Waals surface area contributed by atoms with E-state index in [1.807, 2.05) is 59.5 Å². The summed E-state index contributed by atoms with van der Waals surface area (Å²) < 4.78 is 5.38. The smallest absolute Gasteiger partial charge is 0.254 e. The quantitative estimate of drug-likeness (QED) is 0.598. The minimum absolute atomic E-state index is 0.0289. The zero-order valence-corrected chi connectivity index (χ0v) is 16.4. The van der Waals surface area contributed by atoms with Gasteiger partial charge in [-0.15, -0.1) is 0 Å². The molecule has 5 heteroatoms. The van der Waals surface area contributed by atoms with Crippen molar-refractivity contribution in [2.45, 2.75) is 18.9 Å². The molecule has 1 aliphatic heterocycles. The fourth-order valence-electron chi connectivity index (χ4n) is 3.82. The molecule has 1 aliphatic rings. The number of nitrogens with zero attached hydrogens (tertiary/aromatic N) is 2. The van der Waals surface area contributed by atoms with E-state index in [9.17, 15) is 4.79 Å². The first-order chi connectivity index (χ1) is 13.7. The highest BCUT2D eigenvalue weighted by Gasteiger charge is 2.31. The van der Waals surface area contributed by atoms with Gasteiger partial charge in [-0.2, -0.15) is 0 Å². The molecular weight excluding hydrogens is 372 g/mol. The number of rotatable bonds is 4. The summed E-state index contributed by atoms with van der Waals surface area (Å²) in [5, 5.41) is 0.715. The Hall–Kier alpha value is -2.85. The number of carbonyl (C=O) groups is 1. The van der Waals surface area contributed by atoms with E-state index in [1.54, 1.807) is 19.5 Å². The van der Waals surface area contributed by atoms with E-state index in [-0.39, 0.29) is 11.9 Å². The number of ether oxygens (including phenoxy) is 1. The summed E-state index contributed by atoms with van der Waals surface area (Å²) in [7, 11) is 1.63. The van der Waals surface area contributed by atoms with Crippen molar-refractivity contribution in [1.29, 1.82) is 0 Å². The average molecular weight is 393 g/mol. The molecule has 0 spiro atoms. The number of carbonyl (C=O) groups excluding carboxylic acids is 1. The molecule has 4 nitrogen and oxygen atoms in total. The first-order valence-corrected chi connectivity index (χ1v) is 9.70. The largest absolute Gasteiger partial charge is 0.494 e. The molecular formula is C23H21ClN2O2. The van der Waals surface area contributed by atoms with Gasteiger partial charge in [-0.05, 0) is 48.2 Å². The molecule has 2 aromatic carbocycles. The maximum atomic E-state index is 13.2. The Balaban J connectivity index is 1.59. The maximum Gasteiger partial charge on any atom is 0.254 e. The summed E-state index contributed by atoms with van der Waals surface area (Å²) in [6, 6.07) is 17.4. The average Bonchev–Trinajstić information content (AvgIpc) is 3.23. The number of halogens is 1. The first-order valence-electron chi connectivity index (χ1n) is 9.33. The molecule has 3 aromatic rings. The summed E-state index contributed by atoms with van der Waals surface area (Å²) in [5.41, 5.74) is 3.63. The zero-order chi connectivity index (χ0) is 19.5. The summed E-state index contributed by atoms with van der Waals surface area (Å²) in [4.78, 5) is 19.2. The maximum absolute atomic E-state index is 13.2. The second-order valence-electron chi connectivity index (χ2n) is 6.83. The third-order valence-corrected chi connectivity index (χ3v) is 5.57. The molecule has 142 valence electrons. The van der Waals surface area contributed by atoms with Gasteiger partial charge in [0.2, 0.25) is 0 Å². The van der Waals surface area contributed by atoms with E-state index in [0.717, 1.165) is 36.1 Å². The molecule has 1 aromatic heterocycles. The SMILES string of the molecule is COc1cnccc1-c1ccc(C(=O)N2CCC[C@@H]2c2ccccc2Cl)cc1. The van der Waals surface area contributed by atoms with Crippen molar-refractivity contribution in [2.75, 3.05) is 13.7 Å². The Bertz CT molecular complexity index is 988. The number of aromatic nitrogens is 1. The van der Waals surface area contributed by atoms with Crippen molar-refractivity contribution < 1.29 is 9.53 Å². The lowest BCUT2D eigenvalue weighted by molar-refractivity contribution is 0.0736. The second-order valence-corrected chi connectivity index (χ2v) is 7.24. The first kappa shape index (κ1) is 18.5. The molecule has 1 fully saturated rings. The number of pyridine rings is 1. The summed E-state index contributed by atoms with van der Waals surface area (Å²) >= 11 is 6.38. The zero-order valence-electron chi connectivity index (χ0n) is 15.6. The molecule has 0 radical (unpaired) electrons. The minimum atomic E-state index is 0.0289.